The normalized spacial score (nSPS) is 17.1. The highest BCUT2D eigenvalue weighted by molar-refractivity contribution is 7.92. The van der Waals surface area contributed by atoms with Crippen LogP contribution in [0.25, 0.3) is 0 Å². The summed E-state index contributed by atoms with van der Waals surface area (Å²) in [4.78, 5) is 2.29. The molecule has 2 aromatic carbocycles. The lowest BCUT2D eigenvalue weighted by Gasteiger charge is -2.38. The molecule has 0 spiro atoms. The van der Waals surface area contributed by atoms with Gasteiger partial charge in [-0.15, -0.1) is 0 Å². The maximum atomic E-state index is 11.2. The Morgan fingerprint density at radius 3 is 2.31 bits per heavy atom. The number of halogens is 1. The summed E-state index contributed by atoms with van der Waals surface area (Å²) in [5, 5.41) is 11.6. The van der Waals surface area contributed by atoms with Gasteiger partial charge in [-0.05, 0) is 54.8 Å². The third-order valence-electron chi connectivity index (χ3n) is 5.07. The number of aliphatic hydroxyl groups is 1. The maximum absolute atomic E-state index is 11.2. The van der Waals surface area contributed by atoms with Crippen molar-refractivity contribution in [2.75, 3.05) is 37.2 Å². The van der Waals surface area contributed by atoms with Gasteiger partial charge in [0.05, 0.1) is 11.9 Å². The number of ether oxygens (including phenoxy) is 1. The van der Waals surface area contributed by atoms with E-state index in [1.165, 1.54) is 0 Å². The third-order valence-corrected chi connectivity index (χ3v) is 5.93. The topological polar surface area (TPSA) is 78.9 Å². The minimum Gasteiger partial charge on any atom is -0.492 e. The highest BCUT2D eigenvalue weighted by Crippen LogP contribution is 2.27. The Labute approximate surface area is 177 Å². The van der Waals surface area contributed by atoms with Crippen LogP contribution in [0.4, 0.5) is 5.69 Å². The molecule has 1 saturated heterocycles. The van der Waals surface area contributed by atoms with Crippen LogP contribution in [-0.4, -0.2) is 56.5 Å². The second kappa shape index (κ2) is 9.34. The van der Waals surface area contributed by atoms with Crippen LogP contribution in [0.1, 0.15) is 18.4 Å². The Balaban J connectivity index is 1.40. The summed E-state index contributed by atoms with van der Waals surface area (Å²) in [6.45, 7) is 2.96. The van der Waals surface area contributed by atoms with E-state index < -0.39 is 15.6 Å². The number of nitrogens with zero attached hydrogens (tertiary/aromatic N) is 1. The molecule has 1 fully saturated rings. The fourth-order valence-corrected chi connectivity index (χ4v) is 4.17. The van der Waals surface area contributed by atoms with E-state index in [-0.39, 0.29) is 0 Å². The molecule has 1 aliphatic rings. The van der Waals surface area contributed by atoms with Crippen LogP contribution in [0.5, 0.6) is 5.75 Å². The number of benzene rings is 2. The lowest BCUT2D eigenvalue weighted by Crippen LogP contribution is -2.46. The lowest BCUT2D eigenvalue weighted by atomic mass is 9.85. The van der Waals surface area contributed by atoms with Gasteiger partial charge in [-0.25, -0.2) is 8.42 Å². The fraction of sp³-hybridized carbons (Fsp3) is 0.429. The molecule has 6 nitrogen and oxygen atoms in total. The third kappa shape index (κ3) is 7.19. The molecule has 29 heavy (non-hydrogen) atoms. The molecule has 0 bridgehead atoms. The average Bonchev–Trinajstić information content (AvgIpc) is 2.66. The summed E-state index contributed by atoms with van der Waals surface area (Å²) in [5.41, 5.74) is 0.937. The average molecular weight is 439 g/mol. The maximum Gasteiger partial charge on any atom is 0.229 e. The van der Waals surface area contributed by atoms with E-state index in [9.17, 15) is 13.5 Å². The Morgan fingerprint density at radius 2 is 1.72 bits per heavy atom. The summed E-state index contributed by atoms with van der Waals surface area (Å²) < 4.78 is 30.6. The minimum atomic E-state index is -3.28. The Bertz CT molecular complexity index is 893. The van der Waals surface area contributed by atoms with Crippen molar-refractivity contribution in [2.24, 2.45) is 0 Å². The van der Waals surface area contributed by atoms with Crippen molar-refractivity contribution in [3.8, 4) is 5.75 Å². The zero-order valence-electron chi connectivity index (χ0n) is 16.5. The first-order valence-electron chi connectivity index (χ1n) is 9.61. The predicted octanol–water partition coefficient (Wildman–Crippen LogP) is 3.16. The van der Waals surface area contributed by atoms with E-state index in [2.05, 4.69) is 9.62 Å². The van der Waals surface area contributed by atoms with Gasteiger partial charge < -0.3 is 9.84 Å². The monoisotopic (exact) mass is 438 g/mol. The molecule has 0 unspecified atom stereocenters. The standard InChI is InChI=1S/C21H27ClN2O4S/c1-29(26,27)23-19-6-8-20(9-7-19)28-15-14-24-12-10-21(25,11-13-24)16-17-2-4-18(22)5-3-17/h2-9,23,25H,10-16H2,1H3. The number of sulfonamides is 1. The van der Waals surface area contributed by atoms with Gasteiger partial charge in [-0.1, -0.05) is 23.7 Å². The number of hydrogen-bond donors (Lipinski definition) is 2. The number of rotatable bonds is 8. The minimum absolute atomic E-state index is 0.510. The number of likely N-dealkylation sites (tertiary alicyclic amines) is 1. The zero-order valence-corrected chi connectivity index (χ0v) is 18.0. The molecule has 0 atom stereocenters. The molecule has 8 heteroatoms. The van der Waals surface area contributed by atoms with Crippen molar-refractivity contribution in [2.45, 2.75) is 24.9 Å². The van der Waals surface area contributed by atoms with Gasteiger partial charge in [-0.3, -0.25) is 9.62 Å². The van der Waals surface area contributed by atoms with Gasteiger partial charge in [0, 0.05) is 36.8 Å². The highest BCUT2D eigenvalue weighted by Gasteiger charge is 2.32. The number of piperidine rings is 1. The van der Waals surface area contributed by atoms with Crippen molar-refractivity contribution in [1.29, 1.82) is 0 Å². The SMILES string of the molecule is CS(=O)(=O)Nc1ccc(OCCN2CCC(O)(Cc3ccc(Cl)cc3)CC2)cc1. The van der Waals surface area contributed by atoms with Crippen molar-refractivity contribution >= 4 is 27.3 Å². The largest absolute Gasteiger partial charge is 0.492 e. The van der Waals surface area contributed by atoms with Gasteiger partial charge in [0.1, 0.15) is 12.4 Å². The molecule has 1 aliphatic heterocycles. The molecule has 1 heterocycles. The summed E-state index contributed by atoms with van der Waals surface area (Å²) in [6, 6.07) is 14.5. The van der Waals surface area contributed by atoms with Crippen molar-refractivity contribution in [1.82, 2.24) is 4.90 Å². The first-order valence-corrected chi connectivity index (χ1v) is 11.9. The van der Waals surface area contributed by atoms with Gasteiger partial charge in [-0.2, -0.15) is 0 Å². The Hall–Kier alpha value is -1.80. The molecule has 0 aliphatic carbocycles. The molecule has 0 saturated carbocycles. The second-order valence-electron chi connectivity index (χ2n) is 7.62. The molecule has 0 amide bonds. The number of nitrogens with one attached hydrogen (secondary N) is 1. The molecule has 2 aromatic rings. The molecule has 3 rings (SSSR count). The summed E-state index contributed by atoms with van der Waals surface area (Å²) in [6.07, 6.45) is 3.21. The molecule has 0 aromatic heterocycles. The first-order chi connectivity index (χ1) is 13.7. The molecule has 158 valence electrons. The Morgan fingerprint density at radius 1 is 1.10 bits per heavy atom. The quantitative estimate of drug-likeness (QED) is 0.661. The van der Waals surface area contributed by atoms with Crippen LogP contribution >= 0.6 is 11.6 Å². The van der Waals surface area contributed by atoms with Crippen LogP contribution in [-0.2, 0) is 16.4 Å². The van der Waals surface area contributed by atoms with Gasteiger partial charge in [0.15, 0.2) is 0 Å². The molecular weight excluding hydrogens is 412 g/mol. The molecular formula is C21H27ClN2O4S. The zero-order chi connectivity index (χ0) is 20.9. The number of hydrogen-bond acceptors (Lipinski definition) is 5. The van der Waals surface area contributed by atoms with Crippen LogP contribution < -0.4 is 9.46 Å². The summed E-state index contributed by atoms with van der Waals surface area (Å²) in [7, 11) is -3.28. The number of anilines is 1. The van der Waals surface area contributed by atoms with Gasteiger partial charge in [0.25, 0.3) is 0 Å². The van der Waals surface area contributed by atoms with Crippen LogP contribution in [0.15, 0.2) is 48.5 Å². The van der Waals surface area contributed by atoms with E-state index in [1.54, 1.807) is 24.3 Å². The van der Waals surface area contributed by atoms with E-state index >= 15 is 0 Å². The Kier molecular flexibility index (Phi) is 7.05. The fourth-order valence-electron chi connectivity index (χ4n) is 3.48. The van der Waals surface area contributed by atoms with Gasteiger partial charge >= 0.3 is 0 Å². The van der Waals surface area contributed by atoms with E-state index in [4.69, 9.17) is 16.3 Å². The smallest absolute Gasteiger partial charge is 0.229 e. The molecule has 2 N–H and O–H groups in total. The second-order valence-corrected chi connectivity index (χ2v) is 9.80. The highest BCUT2D eigenvalue weighted by atomic mass is 35.5. The van der Waals surface area contributed by atoms with Crippen LogP contribution in [0.2, 0.25) is 5.02 Å². The van der Waals surface area contributed by atoms with Crippen molar-refractivity contribution < 1.29 is 18.3 Å². The van der Waals surface area contributed by atoms with Crippen molar-refractivity contribution in [3.63, 3.8) is 0 Å². The van der Waals surface area contributed by atoms with E-state index in [1.807, 2.05) is 24.3 Å². The van der Waals surface area contributed by atoms with Crippen LogP contribution in [0, 0.1) is 0 Å². The first kappa shape index (κ1) is 21.9. The van der Waals surface area contributed by atoms with E-state index in [0.29, 0.717) is 29.5 Å². The van der Waals surface area contributed by atoms with E-state index in [0.717, 1.165) is 44.3 Å². The summed E-state index contributed by atoms with van der Waals surface area (Å²) >= 11 is 5.93. The van der Waals surface area contributed by atoms with Crippen LogP contribution in [0.3, 0.4) is 0 Å². The molecule has 0 radical (unpaired) electrons. The lowest BCUT2D eigenvalue weighted by molar-refractivity contribution is -0.0226. The predicted molar refractivity (Wildman–Crippen MR) is 116 cm³/mol. The van der Waals surface area contributed by atoms with Crippen molar-refractivity contribution in [3.05, 3.63) is 59.1 Å². The van der Waals surface area contributed by atoms with Gasteiger partial charge in [0.2, 0.25) is 10.0 Å². The summed E-state index contributed by atoms with van der Waals surface area (Å²) in [5.74, 6) is 0.695.